The number of carbonyl (C=O) groups is 1. The molecule has 0 aromatic heterocycles. The third kappa shape index (κ3) is 3.46. The summed E-state index contributed by atoms with van der Waals surface area (Å²) in [6.07, 6.45) is 0.100. The predicted molar refractivity (Wildman–Crippen MR) is 112 cm³/mol. The number of carbonyl (C=O) groups excluding carboxylic acids is 1. The quantitative estimate of drug-likeness (QED) is 0.712. The fourth-order valence-corrected chi connectivity index (χ4v) is 3.86. The van der Waals surface area contributed by atoms with E-state index in [1.807, 2.05) is 25.1 Å². The first-order valence-electron chi connectivity index (χ1n) is 9.63. The summed E-state index contributed by atoms with van der Waals surface area (Å²) in [5.74, 6) is -0.275. The first-order chi connectivity index (χ1) is 13.0. The van der Waals surface area contributed by atoms with Crippen LogP contribution in [0.5, 0.6) is 0 Å². The van der Waals surface area contributed by atoms with Gasteiger partial charge in [0.05, 0.1) is 23.5 Å². The summed E-state index contributed by atoms with van der Waals surface area (Å²) in [6.45, 7) is 8.56. The van der Waals surface area contributed by atoms with E-state index in [9.17, 15) is 4.79 Å². The summed E-state index contributed by atoms with van der Waals surface area (Å²) in [5.41, 5.74) is 5.22. The summed E-state index contributed by atoms with van der Waals surface area (Å²) < 4.78 is 5.14. The van der Waals surface area contributed by atoms with Crippen molar-refractivity contribution in [3.8, 4) is 0 Å². The Labute approximate surface area is 162 Å². The van der Waals surface area contributed by atoms with Crippen molar-refractivity contribution in [1.82, 2.24) is 0 Å². The molecule has 0 bridgehead atoms. The molecule has 2 aromatic rings. The zero-order chi connectivity index (χ0) is 19.6. The Morgan fingerprint density at radius 2 is 1.59 bits per heavy atom. The zero-order valence-corrected chi connectivity index (χ0v) is 16.9. The van der Waals surface area contributed by atoms with Gasteiger partial charge in [-0.05, 0) is 56.7 Å². The van der Waals surface area contributed by atoms with E-state index in [0.717, 1.165) is 24.5 Å². The molecular weight excluding hydrogens is 338 g/mol. The summed E-state index contributed by atoms with van der Waals surface area (Å²) in [5, 5.41) is 0. The summed E-state index contributed by atoms with van der Waals surface area (Å²) in [6, 6.07) is 14.5. The summed E-state index contributed by atoms with van der Waals surface area (Å²) in [4.78, 5) is 18.9. The van der Waals surface area contributed by atoms with Gasteiger partial charge in [0, 0.05) is 32.9 Å². The summed E-state index contributed by atoms with van der Waals surface area (Å²) >= 11 is 0. The molecule has 0 amide bonds. The molecule has 1 unspecified atom stereocenters. The maximum absolute atomic E-state index is 12.1. The molecule has 0 aliphatic carbocycles. The van der Waals surface area contributed by atoms with E-state index in [1.165, 1.54) is 11.3 Å². The van der Waals surface area contributed by atoms with Crippen molar-refractivity contribution in [1.29, 1.82) is 0 Å². The van der Waals surface area contributed by atoms with Gasteiger partial charge in [0.1, 0.15) is 6.17 Å². The Morgan fingerprint density at radius 1 is 0.963 bits per heavy atom. The van der Waals surface area contributed by atoms with Gasteiger partial charge in [0.25, 0.3) is 0 Å². The van der Waals surface area contributed by atoms with Gasteiger partial charge in [0.15, 0.2) is 0 Å². The first kappa shape index (κ1) is 19.1. The minimum absolute atomic E-state index is 0.100. The van der Waals surface area contributed by atoms with Crippen LogP contribution in [-0.4, -0.2) is 39.8 Å². The lowest BCUT2D eigenvalue weighted by Gasteiger charge is -2.29. The van der Waals surface area contributed by atoms with Crippen LogP contribution in [0, 0.1) is 0 Å². The third-order valence-electron chi connectivity index (χ3n) is 5.30. The second kappa shape index (κ2) is 7.91. The van der Waals surface area contributed by atoms with Crippen molar-refractivity contribution in [3.05, 3.63) is 53.6 Å². The van der Waals surface area contributed by atoms with Crippen LogP contribution in [0.2, 0.25) is 0 Å². The molecule has 0 fully saturated rings. The molecule has 0 saturated carbocycles. The van der Waals surface area contributed by atoms with Crippen molar-refractivity contribution in [2.75, 3.05) is 48.5 Å². The lowest BCUT2D eigenvalue weighted by molar-refractivity contribution is 0.0526. The second-order valence-electron chi connectivity index (χ2n) is 6.78. The molecular formula is C22H29N3O2. The van der Waals surface area contributed by atoms with Crippen LogP contribution in [0.25, 0.3) is 0 Å². The average Bonchev–Trinajstić information content (AvgIpc) is 2.94. The predicted octanol–water partition coefficient (Wildman–Crippen LogP) is 4.29. The highest BCUT2D eigenvalue weighted by molar-refractivity contribution is 5.93. The molecule has 27 heavy (non-hydrogen) atoms. The number of ether oxygens (including phenoxy) is 1. The van der Waals surface area contributed by atoms with Gasteiger partial charge in [-0.3, -0.25) is 0 Å². The van der Waals surface area contributed by atoms with Crippen LogP contribution in [0.3, 0.4) is 0 Å². The van der Waals surface area contributed by atoms with Gasteiger partial charge in [-0.1, -0.05) is 12.1 Å². The van der Waals surface area contributed by atoms with E-state index in [-0.39, 0.29) is 12.1 Å². The Hall–Kier alpha value is -2.69. The highest BCUT2D eigenvalue weighted by Crippen LogP contribution is 2.44. The van der Waals surface area contributed by atoms with Crippen LogP contribution >= 0.6 is 0 Å². The van der Waals surface area contributed by atoms with Crippen molar-refractivity contribution < 1.29 is 9.53 Å². The fourth-order valence-electron chi connectivity index (χ4n) is 3.86. The highest BCUT2D eigenvalue weighted by atomic mass is 16.5. The number of esters is 1. The fraction of sp³-hybridized carbons (Fsp3) is 0.409. The lowest BCUT2D eigenvalue weighted by atomic mass is 10.1. The summed E-state index contributed by atoms with van der Waals surface area (Å²) in [7, 11) is 4.16. The molecule has 1 atom stereocenters. The van der Waals surface area contributed by atoms with Crippen molar-refractivity contribution >= 4 is 23.0 Å². The van der Waals surface area contributed by atoms with E-state index in [2.05, 4.69) is 66.9 Å². The van der Waals surface area contributed by atoms with Crippen molar-refractivity contribution in [3.63, 3.8) is 0 Å². The Balaban J connectivity index is 1.88. The van der Waals surface area contributed by atoms with Gasteiger partial charge >= 0.3 is 5.97 Å². The monoisotopic (exact) mass is 367 g/mol. The molecule has 5 nitrogen and oxygen atoms in total. The molecule has 3 rings (SSSR count). The molecule has 0 saturated heterocycles. The molecule has 0 spiro atoms. The highest BCUT2D eigenvalue weighted by Gasteiger charge is 2.33. The molecule has 2 aromatic carbocycles. The largest absolute Gasteiger partial charge is 0.462 e. The molecule has 144 valence electrons. The molecule has 1 heterocycles. The molecule has 0 radical (unpaired) electrons. The number of rotatable bonds is 6. The Bertz CT molecular complexity index is 800. The van der Waals surface area contributed by atoms with Crippen LogP contribution < -0.4 is 14.7 Å². The minimum Gasteiger partial charge on any atom is -0.462 e. The van der Waals surface area contributed by atoms with E-state index >= 15 is 0 Å². The van der Waals surface area contributed by atoms with E-state index in [4.69, 9.17) is 4.74 Å². The zero-order valence-electron chi connectivity index (χ0n) is 16.9. The molecule has 1 aliphatic rings. The number of benzene rings is 2. The maximum atomic E-state index is 12.1. The number of hydrogen-bond acceptors (Lipinski definition) is 5. The lowest BCUT2D eigenvalue weighted by Crippen LogP contribution is -2.30. The smallest absolute Gasteiger partial charge is 0.338 e. The second-order valence-corrected chi connectivity index (χ2v) is 6.78. The minimum atomic E-state index is -0.275. The van der Waals surface area contributed by atoms with Crippen LogP contribution in [-0.2, 0) is 4.74 Å². The Kier molecular flexibility index (Phi) is 5.59. The van der Waals surface area contributed by atoms with E-state index in [1.54, 1.807) is 0 Å². The van der Waals surface area contributed by atoms with Crippen molar-refractivity contribution in [2.45, 2.75) is 26.9 Å². The maximum Gasteiger partial charge on any atom is 0.338 e. The van der Waals surface area contributed by atoms with Crippen LogP contribution in [0.1, 0.15) is 42.9 Å². The molecule has 5 heteroatoms. The Morgan fingerprint density at radius 3 is 2.19 bits per heavy atom. The van der Waals surface area contributed by atoms with Gasteiger partial charge in [-0.2, -0.15) is 0 Å². The van der Waals surface area contributed by atoms with Crippen LogP contribution in [0.15, 0.2) is 42.5 Å². The SMILES string of the molecule is CCOC(=O)c1ccc2c(c1)N(C)C(c1ccc(N(CC)CC)cc1)N2C. The van der Waals surface area contributed by atoms with Gasteiger partial charge in [-0.15, -0.1) is 0 Å². The number of hydrogen-bond donors (Lipinski definition) is 0. The standard InChI is InChI=1S/C22H29N3O2/c1-6-25(7-2)18-12-9-16(10-13-18)21-23(4)19-14-11-17(22(26)27-8-3)15-20(19)24(21)5/h9-15,21H,6-8H2,1-5H3. The van der Waals surface area contributed by atoms with E-state index < -0.39 is 0 Å². The van der Waals surface area contributed by atoms with Crippen molar-refractivity contribution in [2.24, 2.45) is 0 Å². The molecule has 0 N–H and O–H groups in total. The molecule has 1 aliphatic heterocycles. The van der Waals surface area contributed by atoms with Gasteiger partial charge < -0.3 is 19.4 Å². The third-order valence-corrected chi connectivity index (χ3v) is 5.30. The number of fused-ring (bicyclic) bond motifs is 1. The van der Waals surface area contributed by atoms with Gasteiger partial charge in [-0.25, -0.2) is 4.79 Å². The van der Waals surface area contributed by atoms with Crippen LogP contribution in [0.4, 0.5) is 17.1 Å². The number of nitrogens with zero attached hydrogens (tertiary/aromatic N) is 3. The topological polar surface area (TPSA) is 36.0 Å². The van der Waals surface area contributed by atoms with Gasteiger partial charge in [0.2, 0.25) is 0 Å². The normalized spacial score (nSPS) is 15.7. The number of anilines is 3. The van der Waals surface area contributed by atoms with E-state index in [0.29, 0.717) is 12.2 Å². The average molecular weight is 367 g/mol. The first-order valence-corrected chi connectivity index (χ1v) is 9.63.